The van der Waals surface area contributed by atoms with E-state index in [-0.39, 0.29) is 24.5 Å². The number of anilines is 1. The zero-order valence-electron chi connectivity index (χ0n) is 19.5. The molecule has 0 saturated heterocycles. The molecule has 7 nitrogen and oxygen atoms in total. The lowest BCUT2D eigenvalue weighted by molar-refractivity contribution is -0.446. The third-order valence-corrected chi connectivity index (χ3v) is 6.09. The van der Waals surface area contributed by atoms with Crippen molar-refractivity contribution >= 4 is 40.8 Å². The van der Waals surface area contributed by atoms with Crippen molar-refractivity contribution in [3.05, 3.63) is 63.6 Å². The second-order valence-corrected chi connectivity index (χ2v) is 9.61. The van der Waals surface area contributed by atoms with Crippen LogP contribution in [0.25, 0.3) is 0 Å². The van der Waals surface area contributed by atoms with Crippen LogP contribution in [-0.4, -0.2) is 40.1 Å². The van der Waals surface area contributed by atoms with Crippen molar-refractivity contribution < 1.29 is 20.4 Å². The number of carbonyl (C=O) groups is 2. The monoisotopic (exact) mass is 495 g/mol. The molecule has 180 valence electrons. The van der Waals surface area contributed by atoms with Crippen molar-refractivity contribution in [3.63, 3.8) is 0 Å². The number of benzene rings is 2. The highest BCUT2D eigenvalue weighted by Crippen LogP contribution is 2.26. The van der Waals surface area contributed by atoms with Gasteiger partial charge in [0.05, 0.1) is 22.7 Å². The first-order valence-corrected chi connectivity index (χ1v) is 11.6. The molecule has 2 aromatic rings. The molecule has 3 amide bonds. The Hall–Kier alpha value is -2.32. The Morgan fingerprint density at radius 1 is 1.12 bits per heavy atom. The van der Waals surface area contributed by atoms with E-state index in [2.05, 4.69) is 16.4 Å². The maximum Gasteiger partial charge on any atom is 0.322 e. The molecule has 0 bridgehead atoms. The van der Waals surface area contributed by atoms with E-state index >= 15 is 0 Å². The van der Waals surface area contributed by atoms with Crippen LogP contribution < -0.4 is 16.4 Å². The van der Waals surface area contributed by atoms with E-state index in [1.165, 1.54) is 0 Å². The highest BCUT2D eigenvalue weighted by molar-refractivity contribution is 6.42. The number of aliphatic hydroxyl groups excluding tert-OH is 1. The molecular formula is C24H33Cl2N4O3+. The number of amides is 3. The first-order valence-electron chi connectivity index (χ1n) is 10.9. The van der Waals surface area contributed by atoms with Crippen LogP contribution in [0.2, 0.25) is 10.0 Å². The molecule has 0 saturated carbocycles. The van der Waals surface area contributed by atoms with Gasteiger partial charge in [-0.1, -0.05) is 48.3 Å². The first-order chi connectivity index (χ1) is 15.4. The summed E-state index contributed by atoms with van der Waals surface area (Å²) >= 11 is 12.0. The maximum atomic E-state index is 13.0. The minimum atomic E-state index is -0.914. The Morgan fingerprint density at radius 2 is 1.76 bits per heavy atom. The van der Waals surface area contributed by atoms with Gasteiger partial charge in [0.1, 0.15) is 0 Å². The number of halogens is 2. The van der Waals surface area contributed by atoms with E-state index in [1.54, 1.807) is 49.1 Å². The van der Waals surface area contributed by atoms with Crippen LogP contribution in [0.1, 0.15) is 51.3 Å². The van der Waals surface area contributed by atoms with Crippen LogP contribution in [-0.2, 0) is 11.3 Å². The number of aliphatic hydroxyl groups is 1. The molecule has 9 heteroatoms. The van der Waals surface area contributed by atoms with Gasteiger partial charge >= 0.3 is 6.03 Å². The summed E-state index contributed by atoms with van der Waals surface area (Å²) in [5.41, 5.74) is 5.22. The summed E-state index contributed by atoms with van der Waals surface area (Å²) in [6, 6.07) is 11.7. The first kappa shape index (κ1) is 26.9. The summed E-state index contributed by atoms with van der Waals surface area (Å²) in [6.07, 6.45) is -0.189. The van der Waals surface area contributed by atoms with Gasteiger partial charge in [-0.15, -0.1) is 0 Å². The number of rotatable bonds is 9. The van der Waals surface area contributed by atoms with Crippen molar-refractivity contribution in [1.29, 1.82) is 0 Å². The minimum absolute atomic E-state index is 0.0945. The van der Waals surface area contributed by atoms with Gasteiger partial charge in [0, 0.05) is 18.3 Å². The van der Waals surface area contributed by atoms with E-state index < -0.39 is 11.6 Å². The summed E-state index contributed by atoms with van der Waals surface area (Å²) in [5.74, 6) is -0.135. The average molecular weight is 496 g/mol. The molecule has 0 aliphatic carbocycles. The third kappa shape index (κ3) is 7.89. The van der Waals surface area contributed by atoms with E-state index in [0.29, 0.717) is 27.8 Å². The standard InChI is InChI=1S/C24H32Cl2N4O3/c1-5-15(2)30(14-21(31)17-8-11-19(25)20(26)12-17)23(33)29-18-9-6-16(7-10-18)13-28-22(32)24(3,4)27/h6-12,15,21,31H,5,13-14,27H2,1-4H3,(H,28,32)(H,29,33)/p+1/t15-,21-/m1/s1. The SMILES string of the molecule is CC[C@@H](C)N(C[C@@H](O)c1ccc(Cl)c(Cl)c1)C(=O)Nc1ccc(CNC(=O)C(C)(C)[NH3+])cc1. The van der Waals surface area contributed by atoms with E-state index in [1.807, 2.05) is 26.0 Å². The molecule has 0 fully saturated rings. The molecule has 0 unspecified atom stereocenters. The van der Waals surface area contributed by atoms with Gasteiger partial charge < -0.3 is 26.4 Å². The van der Waals surface area contributed by atoms with Gasteiger partial charge in [0.25, 0.3) is 5.91 Å². The predicted molar refractivity (Wildman–Crippen MR) is 132 cm³/mol. The Bertz CT molecular complexity index is 961. The van der Waals surface area contributed by atoms with Crippen LogP contribution in [0, 0.1) is 0 Å². The third-order valence-electron chi connectivity index (χ3n) is 5.35. The quantitative estimate of drug-likeness (QED) is 0.421. The maximum absolute atomic E-state index is 13.0. The summed E-state index contributed by atoms with van der Waals surface area (Å²) in [6.45, 7) is 7.89. The van der Waals surface area contributed by atoms with Crippen molar-refractivity contribution in [2.24, 2.45) is 0 Å². The molecule has 2 aromatic carbocycles. The smallest absolute Gasteiger partial charge is 0.322 e. The Balaban J connectivity index is 2.04. The molecule has 2 atom stereocenters. The van der Waals surface area contributed by atoms with E-state index in [4.69, 9.17) is 23.2 Å². The fraction of sp³-hybridized carbons (Fsp3) is 0.417. The van der Waals surface area contributed by atoms with E-state index in [9.17, 15) is 14.7 Å². The number of nitrogens with zero attached hydrogens (tertiary/aromatic N) is 1. The molecule has 0 spiro atoms. The van der Waals surface area contributed by atoms with Gasteiger partial charge in [-0.3, -0.25) is 4.79 Å². The van der Waals surface area contributed by atoms with Gasteiger partial charge in [-0.25, -0.2) is 4.79 Å². The van der Waals surface area contributed by atoms with Crippen LogP contribution >= 0.6 is 23.2 Å². The highest BCUT2D eigenvalue weighted by atomic mass is 35.5. The summed E-state index contributed by atoms with van der Waals surface area (Å²) < 4.78 is 0. The molecule has 33 heavy (non-hydrogen) atoms. The Labute approximate surface area is 205 Å². The molecule has 0 aliphatic heterocycles. The lowest BCUT2D eigenvalue weighted by Gasteiger charge is -2.31. The van der Waals surface area contributed by atoms with Crippen LogP contribution in [0.3, 0.4) is 0 Å². The molecular weight excluding hydrogens is 463 g/mol. The number of quaternary nitrogens is 1. The van der Waals surface area contributed by atoms with Crippen LogP contribution in [0.4, 0.5) is 10.5 Å². The second kappa shape index (κ2) is 11.7. The minimum Gasteiger partial charge on any atom is -0.387 e. The van der Waals surface area contributed by atoms with Crippen LogP contribution in [0.5, 0.6) is 0 Å². The van der Waals surface area contributed by atoms with Crippen molar-refractivity contribution in [1.82, 2.24) is 10.2 Å². The number of urea groups is 1. The number of carbonyl (C=O) groups excluding carboxylic acids is 2. The molecule has 0 aromatic heterocycles. The Kier molecular flexibility index (Phi) is 9.55. The number of hydrogen-bond donors (Lipinski definition) is 4. The number of hydrogen-bond acceptors (Lipinski definition) is 3. The molecule has 2 rings (SSSR count). The van der Waals surface area contributed by atoms with E-state index in [0.717, 1.165) is 12.0 Å². The molecule has 0 aliphatic rings. The van der Waals surface area contributed by atoms with Gasteiger partial charge in [0.15, 0.2) is 5.54 Å². The largest absolute Gasteiger partial charge is 0.387 e. The summed E-state index contributed by atoms with van der Waals surface area (Å²) in [5, 5.41) is 17.2. The fourth-order valence-electron chi connectivity index (χ4n) is 3.02. The zero-order valence-corrected chi connectivity index (χ0v) is 21.0. The Morgan fingerprint density at radius 3 is 2.30 bits per heavy atom. The second-order valence-electron chi connectivity index (χ2n) is 8.79. The molecule has 6 N–H and O–H groups in total. The predicted octanol–water partition coefficient (Wildman–Crippen LogP) is 4.00. The zero-order chi connectivity index (χ0) is 24.8. The summed E-state index contributed by atoms with van der Waals surface area (Å²) in [4.78, 5) is 26.6. The average Bonchev–Trinajstić information content (AvgIpc) is 2.77. The lowest BCUT2D eigenvalue weighted by atomic mass is 10.1. The molecule has 0 radical (unpaired) electrons. The topological polar surface area (TPSA) is 109 Å². The summed E-state index contributed by atoms with van der Waals surface area (Å²) in [7, 11) is 0. The normalized spacial score (nSPS) is 13.2. The van der Waals surface area contributed by atoms with Crippen molar-refractivity contribution in [2.75, 3.05) is 11.9 Å². The lowest BCUT2D eigenvalue weighted by Crippen LogP contribution is -2.75. The van der Waals surface area contributed by atoms with Crippen LogP contribution in [0.15, 0.2) is 42.5 Å². The van der Waals surface area contributed by atoms with Crippen molar-refractivity contribution in [3.8, 4) is 0 Å². The van der Waals surface area contributed by atoms with Gasteiger partial charge in [-0.2, -0.15) is 0 Å². The highest BCUT2D eigenvalue weighted by Gasteiger charge is 2.26. The van der Waals surface area contributed by atoms with Gasteiger partial charge in [0.2, 0.25) is 0 Å². The fourth-order valence-corrected chi connectivity index (χ4v) is 3.32. The molecule has 0 heterocycles. The van der Waals surface area contributed by atoms with Crippen molar-refractivity contribution in [2.45, 2.75) is 58.3 Å². The number of nitrogens with one attached hydrogen (secondary N) is 2. The van der Waals surface area contributed by atoms with Gasteiger partial charge in [-0.05, 0) is 62.6 Å².